The molecule has 12 aromatic rings. The van der Waals surface area contributed by atoms with Gasteiger partial charge in [0, 0.05) is 50.3 Å². The lowest BCUT2D eigenvalue weighted by molar-refractivity contribution is 0.669. The standard InChI is InChI=1S/C63H40N4O/c1-6-20-41(21-7-1)57-48-31-17-16-30-47(48)49-38-39-54(50-32-18-33-52(59(49)50)58(57)42-22-8-2-9-23-42)67(45-28-14-5-15-29-45)46-36-37-51-56(40-46)68-55-35-19-34-53(60(51)55)63-65-61(43-24-10-3-11-25-43)64-62(66-63)44-26-12-4-13-27-44/h1-40H. The summed E-state index contributed by atoms with van der Waals surface area (Å²) in [7, 11) is 0. The first-order chi connectivity index (χ1) is 33.7. The Hall–Kier alpha value is -9.19. The van der Waals surface area contributed by atoms with Crippen LogP contribution in [0.1, 0.15) is 22.3 Å². The molecule has 318 valence electrons. The number of rotatable bonds is 8. The lowest BCUT2D eigenvalue weighted by Crippen LogP contribution is -2.10. The predicted octanol–water partition coefficient (Wildman–Crippen LogP) is 16.4. The van der Waals surface area contributed by atoms with E-state index in [9.17, 15) is 0 Å². The molecule has 0 N–H and O–H groups in total. The van der Waals surface area contributed by atoms with Crippen molar-refractivity contribution in [3.05, 3.63) is 265 Å². The van der Waals surface area contributed by atoms with Crippen LogP contribution in [0.25, 0.3) is 89.1 Å². The molecule has 0 atom stereocenters. The van der Waals surface area contributed by atoms with E-state index in [2.05, 4.69) is 175 Å². The fraction of sp³-hybridized carbons (Fsp3) is 0. The topological polar surface area (TPSA) is 55.1 Å². The molecular weight excluding hydrogens is 829 g/mol. The van der Waals surface area contributed by atoms with Gasteiger partial charge < -0.3 is 9.32 Å². The molecule has 5 heteroatoms. The summed E-state index contributed by atoms with van der Waals surface area (Å²) in [4.78, 5) is 17.5. The van der Waals surface area contributed by atoms with Gasteiger partial charge in [0.15, 0.2) is 17.5 Å². The molecule has 10 aromatic carbocycles. The minimum Gasteiger partial charge on any atom is -0.456 e. The second-order valence-corrected chi connectivity index (χ2v) is 17.1. The second kappa shape index (κ2) is 16.4. The first-order valence-electron chi connectivity index (χ1n) is 22.9. The predicted molar refractivity (Wildman–Crippen MR) is 279 cm³/mol. The van der Waals surface area contributed by atoms with Gasteiger partial charge in [0.05, 0.1) is 5.69 Å². The van der Waals surface area contributed by atoms with Crippen molar-refractivity contribution < 1.29 is 4.42 Å². The van der Waals surface area contributed by atoms with Gasteiger partial charge in [-0.15, -0.1) is 0 Å². The maximum atomic E-state index is 6.83. The summed E-state index contributed by atoms with van der Waals surface area (Å²) in [5.74, 6) is 1.81. The van der Waals surface area contributed by atoms with Crippen LogP contribution in [0.4, 0.5) is 17.1 Å². The average molecular weight is 869 g/mol. The number of fused-ring (bicyclic) bond motifs is 5. The molecule has 0 amide bonds. The summed E-state index contributed by atoms with van der Waals surface area (Å²) < 4.78 is 6.83. The van der Waals surface area contributed by atoms with Crippen molar-refractivity contribution >= 4 is 60.9 Å². The third-order valence-corrected chi connectivity index (χ3v) is 13.1. The Kier molecular flexibility index (Phi) is 9.43. The maximum absolute atomic E-state index is 6.83. The highest BCUT2D eigenvalue weighted by atomic mass is 16.3. The zero-order valence-corrected chi connectivity index (χ0v) is 36.8. The van der Waals surface area contributed by atoms with Gasteiger partial charge in [0.25, 0.3) is 0 Å². The van der Waals surface area contributed by atoms with Crippen LogP contribution in [0.2, 0.25) is 0 Å². The summed E-state index contributed by atoms with van der Waals surface area (Å²) in [5.41, 5.74) is 16.9. The van der Waals surface area contributed by atoms with Gasteiger partial charge in [-0.1, -0.05) is 200 Å². The minimum absolute atomic E-state index is 0.585. The first-order valence-corrected chi connectivity index (χ1v) is 22.9. The Labute approximate surface area is 393 Å². The first kappa shape index (κ1) is 39.2. The van der Waals surface area contributed by atoms with E-state index in [0.29, 0.717) is 17.5 Å². The molecular formula is C63H40N4O. The van der Waals surface area contributed by atoms with Crippen molar-refractivity contribution in [1.82, 2.24) is 15.0 Å². The molecule has 0 aliphatic heterocycles. The molecule has 2 aromatic heterocycles. The van der Waals surface area contributed by atoms with Crippen LogP contribution in [-0.4, -0.2) is 15.0 Å². The third kappa shape index (κ3) is 6.59. The molecule has 0 spiro atoms. The fourth-order valence-corrected chi connectivity index (χ4v) is 10.1. The number of hydrogen-bond acceptors (Lipinski definition) is 5. The summed E-state index contributed by atoms with van der Waals surface area (Å²) in [6, 6.07) is 85.5. The normalized spacial score (nSPS) is 12.1. The third-order valence-electron chi connectivity index (χ3n) is 13.1. The number of anilines is 3. The van der Waals surface area contributed by atoms with E-state index in [4.69, 9.17) is 19.4 Å². The van der Waals surface area contributed by atoms with Gasteiger partial charge in [0.2, 0.25) is 0 Å². The van der Waals surface area contributed by atoms with Crippen molar-refractivity contribution in [3.63, 3.8) is 0 Å². The SMILES string of the molecule is c1ccc(C2=C(c3ccccc3)c3cccc4c(N(c5ccccc5)c5ccc6c(c5)oc5cccc(-c7nc(-c8ccccc8)nc(-c8ccccc8)n7)c56)ccc(c34)-c3ccccc32)cc1. The van der Waals surface area contributed by atoms with Crippen LogP contribution in [0.5, 0.6) is 0 Å². The molecule has 5 nitrogen and oxygen atoms in total. The highest BCUT2D eigenvalue weighted by Crippen LogP contribution is 2.51. The molecule has 0 fully saturated rings. The quantitative estimate of drug-likeness (QED) is 0.152. The van der Waals surface area contributed by atoms with Crippen LogP contribution in [-0.2, 0) is 0 Å². The highest BCUT2D eigenvalue weighted by molar-refractivity contribution is 6.20. The van der Waals surface area contributed by atoms with Gasteiger partial charge >= 0.3 is 0 Å². The molecule has 2 heterocycles. The zero-order chi connectivity index (χ0) is 45.0. The van der Waals surface area contributed by atoms with Crippen molar-refractivity contribution in [3.8, 4) is 45.3 Å². The number of nitrogens with zero attached hydrogens (tertiary/aromatic N) is 4. The largest absolute Gasteiger partial charge is 0.456 e. The smallest absolute Gasteiger partial charge is 0.164 e. The zero-order valence-electron chi connectivity index (χ0n) is 36.8. The minimum atomic E-state index is 0.585. The van der Waals surface area contributed by atoms with E-state index in [1.807, 2.05) is 72.8 Å². The van der Waals surface area contributed by atoms with Crippen LogP contribution in [0, 0.1) is 0 Å². The number of para-hydroxylation sites is 1. The van der Waals surface area contributed by atoms with E-state index >= 15 is 0 Å². The van der Waals surface area contributed by atoms with Gasteiger partial charge in [-0.2, -0.15) is 0 Å². The lowest BCUT2D eigenvalue weighted by atomic mass is 9.85. The van der Waals surface area contributed by atoms with Gasteiger partial charge in [-0.3, -0.25) is 0 Å². The number of furan rings is 1. The Morgan fingerprint density at radius 2 is 0.809 bits per heavy atom. The lowest BCUT2D eigenvalue weighted by Gasteiger charge is -2.28. The Morgan fingerprint density at radius 1 is 0.294 bits per heavy atom. The van der Waals surface area contributed by atoms with Crippen LogP contribution >= 0.6 is 0 Å². The molecule has 68 heavy (non-hydrogen) atoms. The summed E-state index contributed by atoms with van der Waals surface area (Å²) in [6.07, 6.45) is 0. The molecule has 0 bridgehead atoms. The van der Waals surface area contributed by atoms with Crippen molar-refractivity contribution in [2.24, 2.45) is 0 Å². The van der Waals surface area contributed by atoms with Crippen LogP contribution in [0.3, 0.4) is 0 Å². The van der Waals surface area contributed by atoms with E-state index < -0.39 is 0 Å². The van der Waals surface area contributed by atoms with Gasteiger partial charge in [-0.25, -0.2) is 15.0 Å². The molecule has 0 radical (unpaired) electrons. The van der Waals surface area contributed by atoms with Crippen molar-refractivity contribution in [2.45, 2.75) is 0 Å². The van der Waals surface area contributed by atoms with Gasteiger partial charge in [0.1, 0.15) is 11.2 Å². The monoisotopic (exact) mass is 868 g/mol. The second-order valence-electron chi connectivity index (χ2n) is 17.1. The maximum Gasteiger partial charge on any atom is 0.164 e. The van der Waals surface area contributed by atoms with E-state index in [0.717, 1.165) is 61.1 Å². The van der Waals surface area contributed by atoms with E-state index in [1.165, 1.54) is 49.9 Å². The van der Waals surface area contributed by atoms with E-state index in [1.54, 1.807) is 0 Å². The van der Waals surface area contributed by atoms with Gasteiger partial charge in [-0.05, 0) is 86.3 Å². The fourth-order valence-electron chi connectivity index (χ4n) is 10.1. The summed E-state index contributed by atoms with van der Waals surface area (Å²) >= 11 is 0. The Morgan fingerprint density at radius 3 is 1.46 bits per heavy atom. The molecule has 1 aliphatic rings. The Bertz CT molecular complexity index is 3830. The number of benzene rings is 10. The number of aromatic nitrogens is 3. The average Bonchev–Trinajstić information content (AvgIpc) is 3.74. The van der Waals surface area contributed by atoms with Crippen molar-refractivity contribution in [1.29, 1.82) is 0 Å². The molecule has 13 rings (SSSR count). The van der Waals surface area contributed by atoms with Crippen LogP contribution < -0.4 is 4.90 Å². The molecule has 1 aliphatic carbocycles. The molecule has 0 unspecified atom stereocenters. The molecule has 0 saturated carbocycles. The van der Waals surface area contributed by atoms with Crippen LogP contribution in [0.15, 0.2) is 247 Å². The summed E-state index contributed by atoms with van der Waals surface area (Å²) in [5, 5.41) is 4.29. The van der Waals surface area contributed by atoms with E-state index in [-0.39, 0.29) is 0 Å². The van der Waals surface area contributed by atoms with Crippen molar-refractivity contribution in [2.75, 3.05) is 4.90 Å². The molecule has 0 saturated heterocycles. The Balaban J connectivity index is 1.02. The summed E-state index contributed by atoms with van der Waals surface area (Å²) in [6.45, 7) is 0. The number of hydrogen-bond donors (Lipinski definition) is 0. The highest BCUT2D eigenvalue weighted by Gasteiger charge is 2.28.